The molecule has 0 aliphatic heterocycles. The summed E-state index contributed by atoms with van der Waals surface area (Å²) in [5.74, 6) is -1.28. The van der Waals surface area contributed by atoms with E-state index in [1.54, 1.807) is 0 Å². The lowest BCUT2D eigenvalue weighted by atomic mass is 10.1. The van der Waals surface area contributed by atoms with E-state index in [0.717, 1.165) is 23.3 Å². The first-order chi connectivity index (χ1) is 11.6. The number of aromatic nitrogens is 2. The largest absolute Gasteiger partial charge is 0.491 e. The highest BCUT2D eigenvalue weighted by Gasteiger charge is 2.13. The van der Waals surface area contributed by atoms with Crippen LogP contribution in [0.25, 0.3) is 11.5 Å². The third-order valence-electron chi connectivity index (χ3n) is 3.49. The highest BCUT2D eigenvalue weighted by atomic mass is 19.1. The number of benzene rings is 2. The normalized spacial score (nSPS) is 10.7. The number of halogens is 2. The molecule has 7 heteroatoms. The smallest absolute Gasteiger partial charge is 0.248 e. The summed E-state index contributed by atoms with van der Waals surface area (Å²) in [6.45, 7) is 2.09. The van der Waals surface area contributed by atoms with E-state index in [1.165, 1.54) is 7.11 Å². The molecule has 24 heavy (non-hydrogen) atoms. The summed E-state index contributed by atoms with van der Waals surface area (Å²) in [6, 6.07) is 9.91. The molecule has 0 saturated heterocycles. The van der Waals surface area contributed by atoms with E-state index in [0.29, 0.717) is 11.8 Å². The number of hydrogen-bond donors (Lipinski definition) is 1. The molecule has 0 amide bonds. The Kier molecular flexibility index (Phi) is 4.41. The van der Waals surface area contributed by atoms with Gasteiger partial charge in [-0.25, -0.2) is 8.78 Å². The van der Waals surface area contributed by atoms with E-state index in [4.69, 9.17) is 4.42 Å². The number of hydrogen-bond acceptors (Lipinski definition) is 5. The Morgan fingerprint density at radius 3 is 2.50 bits per heavy atom. The van der Waals surface area contributed by atoms with Crippen LogP contribution in [0.1, 0.15) is 11.5 Å². The van der Waals surface area contributed by atoms with E-state index in [1.807, 2.05) is 31.2 Å². The molecule has 0 bridgehead atoms. The molecule has 5 nitrogen and oxygen atoms in total. The predicted octanol–water partition coefficient (Wildman–Crippen LogP) is 3.94. The fraction of sp³-hybridized carbons (Fsp3) is 0.176. The highest BCUT2D eigenvalue weighted by Crippen LogP contribution is 2.26. The second-order valence-electron chi connectivity index (χ2n) is 5.14. The van der Waals surface area contributed by atoms with Gasteiger partial charge in [-0.2, -0.15) is 0 Å². The topological polar surface area (TPSA) is 60.2 Å². The third-order valence-corrected chi connectivity index (χ3v) is 3.49. The van der Waals surface area contributed by atoms with Crippen molar-refractivity contribution in [3.8, 4) is 17.2 Å². The number of nitrogens with one attached hydrogen (secondary N) is 1. The zero-order valence-corrected chi connectivity index (χ0v) is 13.1. The first-order valence-corrected chi connectivity index (χ1v) is 7.23. The van der Waals surface area contributed by atoms with Crippen molar-refractivity contribution in [1.29, 1.82) is 0 Å². The molecule has 0 atom stereocenters. The standard InChI is InChI=1S/C17H15F2N3O2/c1-10-5-3-4-6-12(10)17-22-21-15(24-17)9-20-11-7-13(18)16(23-2)14(19)8-11/h3-8,20H,9H2,1-2H3. The quantitative estimate of drug-likeness (QED) is 0.767. The van der Waals surface area contributed by atoms with Gasteiger partial charge in [0.1, 0.15) is 0 Å². The van der Waals surface area contributed by atoms with Crippen molar-refractivity contribution in [3.05, 3.63) is 59.5 Å². The van der Waals surface area contributed by atoms with Crippen LogP contribution in [0, 0.1) is 18.6 Å². The SMILES string of the molecule is COc1c(F)cc(NCc2nnc(-c3ccccc3C)o2)cc1F. The molecular formula is C17H15F2N3O2. The van der Waals surface area contributed by atoms with Gasteiger partial charge in [0.2, 0.25) is 11.8 Å². The maximum Gasteiger partial charge on any atom is 0.248 e. The molecule has 0 unspecified atom stereocenters. The molecular weight excluding hydrogens is 316 g/mol. The Balaban J connectivity index is 1.73. The molecule has 1 N–H and O–H groups in total. The fourth-order valence-electron chi connectivity index (χ4n) is 2.28. The second-order valence-corrected chi connectivity index (χ2v) is 5.14. The summed E-state index contributed by atoms with van der Waals surface area (Å²) >= 11 is 0. The Morgan fingerprint density at radius 1 is 1.12 bits per heavy atom. The molecule has 0 aliphatic carbocycles. The number of rotatable bonds is 5. The lowest BCUT2D eigenvalue weighted by Gasteiger charge is -2.07. The minimum Gasteiger partial charge on any atom is -0.491 e. The monoisotopic (exact) mass is 331 g/mol. The minimum atomic E-state index is -0.786. The zero-order valence-electron chi connectivity index (χ0n) is 13.1. The van der Waals surface area contributed by atoms with Crippen LogP contribution in [0.2, 0.25) is 0 Å². The first kappa shape index (κ1) is 15.9. The van der Waals surface area contributed by atoms with Crippen molar-refractivity contribution < 1.29 is 17.9 Å². The van der Waals surface area contributed by atoms with Crippen LogP contribution >= 0.6 is 0 Å². The van der Waals surface area contributed by atoms with Gasteiger partial charge in [0.15, 0.2) is 17.4 Å². The van der Waals surface area contributed by atoms with Gasteiger partial charge < -0.3 is 14.5 Å². The summed E-state index contributed by atoms with van der Waals surface area (Å²) in [5.41, 5.74) is 2.11. The van der Waals surface area contributed by atoms with Crippen molar-refractivity contribution in [3.63, 3.8) is 0 Å². The van der Waals surface area contributed by atoms with Crippen LogP contribution in [0.15, 0.2) is 40.8 Å². The number of nitrogens with zero attached hydrogens (tertiary/aromatic N) is 2. The van der Waals surface area contributed by atoms with Gasteiger partial charge in [-0.15, -0.1) is 10.2 Å². The van der Waals surface area contributed by atoms with Gasteiger partial charge in [-0.05, 0) is 18.6 Å². The Morgan fingerprint density at radius 2 is 1.83 bits per heavy atom. The van der Waals surface area contributed by atoms with Gasteiger partial charge in [0.05, 0.1) is 13.7 Å². The summed E-state index contributed by atoms with van der Waals surface area (Å²) in [5, 5.41) is 10.8. The Hall–Kier alpha value is -2.96. The van der Waals surface area contributed by atoms with Gasteiger partial charge in [0.25, 0.3) is 0 Å². The lowest BCUT2D eigenvalue weighted by Crippen LogP contribution is -2.02. The summed E-state index contributed by atoms with van der Waals surface area (Å²) in [7, 11) is 1.21. The van der Waals surface area contributed by atoms with Crippen LogP contribution in [0.4, 0.5) is 14.5 Å². The molecule has 0 spiro atoms. The molecule has 124 valence electrons. The van der Waals surface area contributed by atoms with Crippen molar-refractivity contribution in [2.75, 3.05) is 12.4 Å². The van der Waals surface area contributed by atoms with E-state index >= 15 is 0 Å². The molecule has 0 radical (unpaired) electrons. The van der Waals surface area contributed by atoms with Crippen molar-refractivity contribution in [2.45, 2.75) is 13.5 Å². The number of ether oxygens (including phenoxy) is 1. The third kappa shape index (κ3) is 3.19. The molecule has 3 aromatic rings. The van der Waals surface area contributed by atoms with Gasteiger partial charge >= 0.3 is 0 Å². The van der Waals surface area contributed by atoms with Crippen molar-refractivity contribution in [1.82, 2.24) is 10.2 Å². The molecule has 1 aromatic heterocycles. The number of methoxy groups -OCH3 is 1. The number of aryl methyl sites for hydroxylation is 1. The Bertz CT molecular complexity index is 842. The Labute approximate surface area is 137 Å². The summed E-state index contributed by atoms with van der Waals surface area (Å²) in [4.78, 5) is 0. The lowest BCUT2D eigenvalue weighted by molar-refractivity contribution is 0.360. The van der Waals surface area contributed by atoms with Crippen LogP contribution in [0.5, 0.6) is 5.75 Å². The summed E-state index contributed by atoms with van der Waals surface area (Å²) < 4.78 is 37.5. The van der Waals surface area contributed by atoms with Gasteiger partial charge in [-0.3, -0.25) is 0 Å². The van der Waals surface area contributed by atoms with Crippen LogP contribution in [0.3, 0.4) is 0 Å². The van der Waals surface area contributed by atoms with Crippen LogP contribution in [-0.2, 0) is 6.54 Å². The maximum absolute atomic E-state index is 13.7. The molecule has 2 aromatic carbocycles. The average Bonchev–Trinajstić information content (AvgIpc) is 3.02. The van der Waals surface area contributed by atoms with E-state index in [2.05, 4.69) is 20.3 Å². The maximum atomic E-state index is 13.7. The molecule has 0 saturated carbocycles. The second kappa shape index (κ2) is 6.66. The molecule has 0 aliphatic rings. The molecule has 3 rings (SSSR count). The zero-order chi connectivity index (χ0) is 17.1. The average molecular weight is 331 g/mol. The van der Waals surface area contributed by atoms with Crippen molar-refractivity contribution in [2.24, 2.45) is 0 Å². The number of anilines is 1. The van der Waals surface area contributed by atoms with E-state index in [-0.39, 0.29) is 12.2 Å². The predicted molar refractivity (Wildman–Crippen MR) is 84.7 cm³/mol. The summed E-state index contributed by atoms with van der Waals surface area (Å²) in [6.07, 6.45) is 0. The van der Waals surface area contributed by atoms with Crippen molar-refractivity contribution >= 4 is 5.69 Å². The van der Waals surface area contributed by atoms with Gasteiger partial charge in [0, 0.05) is 23.4 Å². The van der Waals surface area contributed by atoms with E-state index in [9.17, 15) is 8.78 Å². The minimum absolute atomic E-state index is 0.143. The first-order valence-electron chi connectivity index (χ1n) is 7.23. The highest BCUT2D eigenvalue weighted by molar-refractivity contribution is 5.57. The van der Waals surface area contributed by atoms with Gasteiger partial charge in [-0.1, -0.05) is 18.2 Å². The molecule has 1 heterocycles. The van der Waals surface area contributed by atoms with Crippen LogP contribution < -0.4 is 10.1 Å². The fourth-order valence-corrected chi connectivity index (χ4v) is 2.28. The van der Waals surface area contributed by atoms with E-state index < -0.39 is 17.4 Å². The molecule has 0 fully saturated rings. The van der Waals surface area contributed by atoms with Crippen LogP contribution in [-0.4, -0.2) is 17.3 Å².